The van der Waals surface area contributed by atoms with E-state index in [0.717, 1.165) is 6.07 Å². The van der Waals surface area contributed by atoms with E-state index in [9.17, 15) is 24.9 Å². The summed E-state index contributed by atoms with van der Waals surface area (Å²) in [7, 11) is 0. The predicted molar refractivity (Wildman–Crippen MR) is 72.7 cm³/mol. The van der Waals surface area contributed by atoms with Gasteiger partial charge in [-0.25, -0.2) is 0 Å². The lowest BCUT2D eigenvalue weighted by atomic mass is 9.74. The molecule has 0 heterocycles. The molecule has 0 aliphatic rings. The highest BCUT2D eigenvalue weighted by Crippen LogP contribution is 2.31. The smallest absolute Gasteiger partial charge is 0.311 e. The number of carboxylic acids is 1. The summed E-state index contributed by atoms with van der Waals surface area (Å²) in [5.41, 5.74) is -2.17. The van der Waals surface area contributed by atoms with Crippen molar-refractivity contribution in [2.24, 2.45) is 5.41 Å². The molecular weight excluding hydrogens is 262 g/mol. The standard InChI is InChI=1S/C14H19NO5/c1-13(2,12(19)20)14(3,4)15-11(18)8-5-9(16)7-10(17)6-8/h5-7,16-17H,1-4H3,(H,15,18)(H,19,20). The fraction of sp³-hybridized carbons (Fsp3) is 0.429. The summed E-state index contributed by atoms with van der Waals surface area (Å²) in [6.45, 7) is 6.22. The minimum Gasteiger partial charge on any atom is -0.508 e. The zero-order valence-electron chi connectivity index (χ0n) is 11.9. The molecule has 0 spiro atoms. The molecule has 0 bridgehead atoms. The van der Waals surface area contributed by atoms with E-state index in [2.05, 4.69) is 5.32 Å². The van der Waals surface area contributed by atoms with Gasteiger partial charge in [-0.05, 0) is 39.8 Å². The molecule has 6 nitrogen and oxygen atoms in total. The Kier molecular flexibility index (Phi) is 3.98. The summed E-state index contributed by atoms with van der Waals surface area (Å²) in [5.74, 6) is -2.10. The highest BCUT2D eigenvalue weighted by Gasteiger charge is 2.44. The summed E-state index contributed by atoms with van der Waals surface area (Å²) in [4.78, 5) is 23.4. The van der Waals surface area contributed by atoms with Crippen LogP contribution in [0.3, 0.4) is 0 Å². The monoisotopic (exact) mass is 281 g/mol. The van der Waals surface area contributed by atoms with Crippen LogP contribution in [-0.4, -0.2) is 32.7 Å². The molecule has 0 atom stereocenters. The van der Waals surface area contributed by atoms with E-state index in [0.29, 0.717) is 0 Å². The lowest BCUT2D eigenvalue weighted by Gasteiger charge is -2.38. The molecule has 0 unspecified atom stereocenters. The van der Waals surface area contributed by atoms with Crippen molar-refractivity contribution < 1.29 is 24.9 Å². The Morgan fingerprint density at radius 1 is 1.00 bits per heavy atom. The van der Waals surface area contributed by atoms with Crippen molar-refractivity contribution in [1.82, 2.24) is 5.32 Å². The number of benzene rings is 1. The van der Waals surface area contributed by atoms with Crippen molar-refractivity contribution in [2.45, 2.75) is 33.2 Å². The highest BCUT2D eigenvalue weighted by atomic mass is 16.4. The van der Waals surface area contributed by atoms with E-state index in [1.165, 1.54) is 26.0 Å². The third-order valence-electron chi connectivity index (χ3n) is 3.69. The van der Waals surface area contributed by atoms with Crippen LogP contribution in [0, 0.1) is 5.41 Å². The number of hydrogen-bond donors (Lipinski definition) is 4. The van der Waals surface area contributed by atoms with Crippen LogP contribution in [0.2, 0.25) is 0 Å². The van der Waals surface area contributed by atoms with Gasteiger partial charge in [0.1, 0.15) is 11.5 Å². The van der Waals surface area contributed by atoms with Crippen LogP contribution in [-0.2, 0) is 4.79 Å². The first-order chi connectivity index (χ1) is 8.97. The van der Waals surface area contributed by atoms with Gasteiger partial charge in [0.2, 0.25) is 0 Å². The Morgan fingerprint density at radius 2 is 1.45 bits per heavy atom. The van der Waals surface area contributed by atoms with Crippen molar-refractivity contribution in [3.63, 3.8) is 0 Å². The van der Waals surface area contributed by atoms with Gasteiger partial charge in [-0.1, -0.05) is 0 Å². The Labute approximate surface area is 117 Å². The van der Waals surface area contributed by atoms with Gasteiger partial charge < -0.3 is 20.6 Å². The van der Waals surface area contributed by atoms with Gasteiger partial charge in [-0.15, -0.1) is 0 Å². The van der Waals surface area contributed by atoms with Gasteiger partial charge in [-0.2, -0.15) is 0 Å². The number of rotatable bonds is 4. The Morgan fingerprint density at radius 3 is 1.85 bits per heavy atom. The molecule has 6 heteroatoms. The molecule has 0 aliphatic heterocycles. The van der Waals surface area contributed by atoms with Crippen molar-refractivity contribution in [2.75, 3.05) is 0 Å². The minimum absolute atomic E-state index is 0.0526. The molecule has 0 aliphatic carbocycles. The molecule has 0 saturated heterocycles. The summed E-state index contributed by atoms with van der Waals surface area (Å²) >= 11 is 0. The summed E-state index contributed by atoms with van der Waals surface area (Å²) in [5, 5.41) is 30.5. The van der Waals surface area contributed by atoms with E-state index in [-0.39, 0.29) is 17.1 Å². The quantitative estimate of drug-likeness (QED) is 0.672. The molecule has 1 amide bonds. The molecule has 1 aromatic carbocycles. The van der Waals surface area contributed by atoms with E-state index in [1.54, 1.807) is 13.8 Å². The van der Waals surface area contributed by atoms with Crippen molar-refractivity contribution >= 4 is 11.9 Å². The second-order valence-corrected chi connectivity index (χ2v) is 5.75. The van der Waals surface area contributed by atoms with Crippen molar-refractivity contribution in [3.05, 3.63) is 23.8 Å². The maximum Gasteiger partial charge on any atom is 0.311 e. The Hall–Kier alpha value is -2.24. The molecule has 0 radical (unpaired) electrons. The lowest BCUT2D eigenvalue weighted by molar-refractivity contribution is -0.150. The van der Waals surface area contributed by atoms with Crippen LogP contribution in [0.5, 0.6) is 11.5 Å². The van der Waals surface area contributed by atoms with Crippen molar-refractivity contribution in [3.8, 4) is 11.5 Å². The second kappa shape index (κ2) is 5.03. The third kappa shape index (κ3) is 3.01. The Bertz CT molecular complexity index is 528. The fourth-order valence-electron chi connectivity index (χ4n) is 1.51. The topological polar surface area (TPSA) is 107 Å². The van der Waals surface area contributed by atoms with Gasteiger partial charge in [0.05, 0.1) is 11.0 Å². The summed E-state index contributed by atoms with van der Waals surface area (Å²) in [6.07, 6.45) is 0. The van der Waals surface area contributed by atoms with Crippen LogP contribution < -0.4 is 5.32 Å². The van der Waals surface area contributed by atoms with Crippen LogP contribution in [0.1, 0.15) is 38.1 Å². The van der Waals surface area contributed by atoms with E-state index in [1.807, 2.05) is 0 Å². The molecule has 0 fully saturated rings. The van der Waals surface area contributed by atoms with Gasteiger partial charge in [0.25, 0.3) is 5.91 Å². The first-order valence-electron chi connectivity index (χ1n) is 6.06. The van der Waals surface area contributed by atoms with Gasteiger partial charge in [0.15, 0.2) is 0 Å². The first-order valence-corrected chi connectivity index (χ1v) is 6.06. The van der Waals surface area contributed by atoms with E-state index >= 15 is 0 Å². The van der Waals surface area contributed by atoms with Crippen LogP contribution in [0.4, 0.5) is 0 Å². The number of carbonyl (C=O) groups excluding carboxylic acids is 1. The maximum atomic E-state index is 12.1. The highest BCUT2D eigenvalue weighted by molar-refractivity contribution is 5.96. The average molecular weight is 281 g/mol. The second-order valence-electron chi connectivity index (χ2n) is 5.75. The van der Waals surface area contributed by atoms with Gasteiger partial charge >= 0.3 is 5.97 Å². The Balaban J connectivity index is 3.03. The van der Waals surface area contributed by atoms with Crippen molar-refractivity contribution in [1.29, 1.82) is 0 Å². The largest absolute Gasteiger partial charge is 0.508 e. The average Bonchev–Trinajstić information content (AvgIpc) is 2.26. The first kappa shape index (κ1) is 15.8. The normalized spacial score (nSPS) is 12.0. The zero-order chi connectivity index (χ0) is 15.7. The number of aliphatic carboxylic acids is 1. The summed E-state index contributed by atoms with van der Waals surface area (Å²) < 4.78 is 0. The lowest BCUT2D eigenvalue weighted by Crippen LogP contribution is -2.56. The van der Waals surface area contributed by atoms with Crippen LogP contribution in [0.15, 0.2) is 18.2 Å². The SMILES string of the molecule is CC(C)(NC(=O)c1cc(O)cc(O)c1)C(C)(C)C(=O)O. The minimum atomic E-state index is -1.19. The van der Waals surface area contributed by atoms with Crippen LogP contribution in [0.25, 0.3) is 0 Å². The number of phenolic OH excluding ortho intramolecular Hbond substituents is 2. The molecule has 0 aromatic heterocycles. The molecule has 4 N–H and O–H groups in total. The number of aromatic hydroxyl groups is 2. The maximum absolute atomic E-state index is 12.1. The van der Waals surface area contributed by atoms with E-state index < -0.39 is 22.8 Å². The third-order valence-corrected chi connectivity index (χ3v) is 3.69. The number of phenols is 2. The van der Waals surface area contributed by atoms with Crippen LogP contribution >= 0.6 is 0 Å². The number of nitrogens with one attached hydrogen (secondary N) is 1. The fourth-order valence-corrected chi connectivity index (χ4v) is 1.51. The number of carboxylic acid groups (broad SMARTS) is 1. The molecular formula is C14H19NO5. The predicted octanol–water partition coefficient (Wildman–Crippen LogP) is 1.72. The van der Waals surface area contributed by atoms with E-state index in [4.69, 9.17) is 0 Å². The molecule has 0 saturated carbocycles. The zero-order valence-corrected chi connectivity index (χ0v) is 11.9. The molecule has 110 valence electrons. The number of hydrogen-bond acceptors (Lipinski definition) is 4. The molecule has 20 heavy (non-hydrogen) atoms. The number of carbonyl (C=O) groups is 2. The molecule has 1 aromatic rings. The number of amides is 1. The summed E-state index contributed by atoms with van der Waals surface area (Å²) in [6, 6.07) is 3.49. The molecule has 1 rings (SSSR count). The van der Waals surface area contributed by atoms with Gasteiger partial charge in [0, 0.05) is 11.6 Å². The van der Waals surface area contributed by atoms with Gasteiger partial charge in [-0.3, -0.25) is 9.59 Å².